The SMILES string of the molecule is CCN(CCNc1nc2ccccc2n1C)C1CC1. The lowest BCUT2D eigenvalue weighted by Crippen LogP contribution is -2.31. The van der Waals surface area contributed by atoms with Gasteiger partial charge in [-0.15, -0.1) is 0 Å². The van der Waals surface area contributed by atoms with Crippen molar-refractivity contribution in [3.63, 3.8) is 0 Å². The Morgan fingerprint density at radius 3 is 2.84 bits per heavy atom. The molecule has 0 saturated heterocycles. The van der Waals surface area contributed by atoms with E-state index < -0.39 is 0 Å². The second kappa shape index (κ2) is 5.21. The fourth-order valence-corrected chi connectivity index (χ4v) is 2.65. The number of aryl methyl sites for hydroxylation is 1. The monoisotopic (exact) mass is 258 g/mol. The summed E-state index contributed by atoms with van der Waals surface area (Å²) < 4.78 is 2.13. The molecule has 1 aliphatic carbocycles. The zero-order valence-corrected chi connectivity index (χ0v) is 11.8. The Hall–Kier alpha value is -1.55. The van der Waals surface area contributed by atoms with E-state index in [1.807, 2.05) is 6.07 Å². The molecular weight excluding hydrogens is 236 g/mol. The molecule has 0 atom stereocenters. The molecule has 0 aliphatic heterocycles. The molecule has 0 bridgehead atoms. The van der Waals surface area contributed by atoms with E-state index in [2.05, 4.69) is 51.9 Å². The number of nitrogens with zero attached hydrogens (tertiary/aromatic N) is 3. The maximum absolute atomic E-state index is 4.63. The molecule has 1 aromatic heterocycles. The predicted molar refractivity (Wildman–Crippen MR) is 79.5 cm³/mol. The predicted octanol–water partition coefficient (Wildman–Crippen LogP) is 2.47. The van der Waals surface area contributed by atoms with E-state index in [9.17, 15) is 0 Å². The van der Waals surface area contributed by atoms with Crippen molar-refractivity contribution < 1.29 is 0 Å². The first-order valence-electron chi connectivity index (χ1n) is 7.19. The van der Waals surface area contributed by atoms with E-state index in [0.717, 1.165) is 37.1 Å². The molecule has 0 amide bonds. The number of likely N-dealkylation sites (N-methyl/N-ethyl adjacent to an activating group) is 1. The molecule has 3 rings (SSSR count). The Labute approximate surface area is 114 Å². The molecule has 1 fully saturated rings. The zero-order valence-electron chi connectivity index (χ0n) is 11.8. The number of anilines is 1. The molecule has 1 aliphatic rings. The summed E-state index contributed by atoms with van der Waals surface area (Å²) in [4.78, 5) is 7.18. The summed E-state index contributed by atoms with van der Waals surface area (Å²) in [5.74, 6) is 0.966. The maximum atomic E-state index is 4.63. The van der Waals surface area contributed by atoms with Crippen LogP contribution in [0.25, 0.3) is 11.0 Å². The molecule has 19 heavy (non-hydrogen) atoms. The summed E-state index contributed by atoms with van der Waals surface area (Å²) in [6.07, 6.45) is 2.75. The van der Waals surface area contributed by atoms with Gasteiger partial charge in [-0.1, -0.05) is 19.1 Å². The molecular formula is C15H22N4. The Morgan fingerprint density at radius 1 is 1.37 bits per heavy atom. The summed E-state index contributed by atoms with van der Waals surface area (Å²) in [7, 11) is 2.07. The molecule has 1 heterocycles. The fraction of sp³-hybridized carbons (Fsp3) is 0.533. The van der Waals surface area contributed by atoms with Crippen molar-refractivity contribution in [3.05, 3.63) is 24.3 Å². The zero-order chi connectivity index (χ0) is 13.2. The highest BCUT2D eigenvalue weighted by Crippen LogP contribution is 2.26. The summed E-state index contributed by atoms with van der Waals surface area (Å²) in [6.45, 7) is 5.45. The molecule has 4 nitrogen and oxygen atoms in total. The Balaban J connectivity index is 1.63. The van der Waals surface area contributed by atoms with Crippen LogP contribution >= 0.6 is 0 Å². The molecule has 0 unspecified atom stereocenters. The van der Waals surface area contributed by atoms with Gasteiger partial charge in [0, 0.05) is 26.2 Å². The average Bonchev–Trinajstić information content (AvgIpc) is 3.22. The summed E-state index contributed by atoms with van der Waals surface area (Å²) in [6, 6.07) is 9.09. The maximum Gasteiger partial charge on any atom is 0.203 e. The molecule has 2 aromatic rings. The van der Waals surface area contributed by atoms with Gasteiger partial charge in [0.1, 0.15) is 0 Å². The summed E-state index contributed by atoms with van der Waals surface area (Å²) in [5.41, 5.74) is 2.24. The van der Waals surface area contributed by atoms with E-state index in [0.29, 0.717) is 0 Å². The minimum atomic E-state index is 0.840. The van der Waals surface area contributed by atoms with Crippen molar-refractivity contribution in [1.29, 1.82) is 0 Å². The number of benzene rings is 1. The van der Waals surface area contributed by atoms with Crippen molar-refractivity contribution in [3.8, 4) is 0 Å². The lowest BCUT2D eigenvalue weighted by atomic mass is 10.3. The highest BCUT2D eigenvalue weighted by atomic mass is 15.2. The lowest BCUT2D eigenvalue weighted by molar-refractivity contribution is 0.288. The van der Waals surface area contributed by atoms with E-state index in [-0.39, 0.29) is 0 Å². The molecule has 1 N–H and O–H groups in total. The standard InChI is InChI=1S/C15H22N4/c1-3-19(12-8-9-12)11-10-16-15-17-13-6-4-5-7-14(13)18(15)2/h4-7,12H,3,8-11H2,1-2H3,(H,16,17). The van der Waals surface area contributed by atoms with Crippen LogP contribution in [0, 0.1) is 0 Å². The van der Waals surface area contributed by atoms with Gasteiger partial charge in [-0.2, -0.15) is 0 Å². The first-order valence-corrected chi connectivity index (χ1v) is 7.19. The van der Waals surface area contributed by atoms with Crippen LogP contribution in [0.5, 0.6) is 0 Å². The van der Waals surface area contributed by atoms with Crippen molar-refractivity contribution in [2.45, 2.75) is 25.8 Å². The molecule has 0 radical (unpaired) electrons. The molecule has 1 aromatic carbocycles. The number of hydrogen-bond donors (Lipinski definition) is 1. The number of rotatable bonds is 6. The second-order valence-corrected chi connectivity index (χ2v) is 5.27. The number of para-hydroxylation sites is 2. The molecule has 4 heteroatoms. The number of hydrogen-bond acceptors (Lipinski definition) is 3. The summed E-state index contributed by atoms with van der Waals surface area (Å²) >= 11 is 0. The number of imidazole rings is 1. The molecule has 102 valence electrons. The third kappa shape index (κ3) is 2.59. The molecule has 0 spiro atoms. The Kier molecular flexibility index (Phi) is 3.42. The largest absolute Gasteiger partial charge is 0.354 e. The highest BCUT2D eigenvalue weighted by Gasteiger charge is 2.27. The fourth-order valence-electron chi connectivity index (χ4n) is 2.65. The van der Waals surface area contributed by atoms with Crippen LogP contribution in [0.4, 0.5) is 5.95 Å². The van der Waals surface area contributed by atoms with Crippen LogP contribution in [-0.2, 0) is 7.05 Å². The van der Waals surface area contributed by atoms with Crippen molar-refractivity contribution in [2.75, 3.05) is 25.0 Å². The van der Waals surface area contributed by atoms with Gasteiger partial charge in [0.05, 0.1) is 11.0 Å². The van der Waals surface area contributed by atoms with E-state index in [1.165, 1.54) is 18.4 Å². The van der Waals surface area contributed by atoms with Gasteiger partial charge < -0.3 is 9.88 Å². The topological polar surface area (TPSA) is 33.1 Å². The average molecular weight is 258 g/mol. The summed E-state index contributed by atoms with van der Waals surface area (Å²) in [5, 5.41) is 3.46. The van der Waals surface area contributed by atoms with Crippen molar-refractivity contribution >= 4 is 17.0 Å². The lowest BCUT2D eigenvalue weighted by Gasteiger charge is -2.19. The van der Waals surface area contributed by atoms with E-state index >= 15 is 0 Å². The quantitative estimate of drug-likeness (QED) is 0.864. The first kappa shape index (κ1) is 12.5. The first-order chi connectivity index (χ1) is 9.29. The van der Waals surface area contributed by atoms with Gasteiger partial charge in [-0.05, 0) is 31.5 Å². The smallest absolute Gasteiger partial charge is 0.203 e. The van der Waals surface area contributed by atoms with Gasteiger partial charge in [0.25, 0.3) is 0 Å². The van der Waals surface area contributed by atoms with Crippen molar-refractivity contribution in [2.24, 2.45) is 7.05 Å². The van der Waals surface area contributed by atoms with Gasteiger partial charge >= 0.3 is 0 Å². The van der Waals surface area contributed by atoms with E-state index in [4.69, 9.17) is 0 Å². The minimum absolute atomic E-state index is 0.840. The van der Waals surface area contributed by atoms with Crippen LogP contribution in [-0.4, -0.2) is 40.1 Å². The number of fused-ring (bicyclic) bond motifs is 1. The Bertz CT molecular complexity index is 556. The second-order valence-electron chi connectivity index (χ2n) is 5.27. The van der Waals surface area contributed by atoms with Crippen LogP contribution in [0.3, 0.4) is 0 Å². The van der Waals surface area contributed by atoms with Crippen LogP contribution in [0.2, 0.25) is 0 Å². The van der Waals surface area contributed by atoms with Gasteiger partial charge in [-0.3, -0.25) is 4.90 Å². The van der Waals surface area contributed by atoms with Gasteiger partial charge in [0.2, 0.25) is 5.95 Å². The third-order valence-corrected chi connectivity index (χ3v) is 3.94. The van der Waals surface area contributed by atoms with E-state index in [1.54, 1.807) is 0 Å². The minimum Gasteiger partial charge on any atom is -0.354 e. The third-order valence-electron chi connectivity index (χ3n) is 3.94. The van der Waals surface area contributed by atoms with Gasteiger partial charge in [-0.25, -0.2) is 4.98 Å². The normalized spacial score (nSPS) is 15.3. The number of nitrogens with one attached hydrogen (secondary N) is 1. The highest BCUT2D eigenvalue weighted by molar-refractivity contribution is 5.78. The Morgan fingerprint density at radius 2 is 2.16 bits per heavy atom. The van der Waals surface area contributed by atoms with Crippen LogP contribution in [0.1, 0.15) is 19.8 Å². The van der Waals surface area contributed by atoms with Crippen molar-refractivity contribution in [1.82, 2.24) is 14.5 Å². The van der Waals surface area contributed by atoms with Gasteiger partial charge in [0.15, 0.2) is 0 Å². The van der Waals surface area contributed by atoms with Crippen LogP contribution < -0.4 is 5.32 Å². The number of aromatic nitrogens is 2. The van der Waals surface area contributed by atoms with Crippen LogP contribution in [0.15, 0.2) is 24.3 Å². The molecule has 1 saturated carbocycles.